The fourth-order valence-electron chi connectivity index (χ4n) is 3.50. The highest BCUT2D eigenvalue weighted by molar-refractivity contribution is 4.78. The zero-order valence-electron chi connectivity index (χ0n) is 13.8. The molecule has 0 spiro atoms. The summed E-state index contributed by atoms with van der Waals surface area (Å²) in [6.45, 7) is 9.24. The van der Waals surface area contributed by atoms with Crippen LogP contribution in [0.5, 0.6) is 0 Å². The van der Waals surface area contributed by atoms with Crippen molar-refractivity contribution in [3.63, 3.8) is 0 Å². The first-order chi connectivity index (χ1) is 9.21. The van der Waals surface area contributed by atoms with Gasteiger partial charge in [0.1, 0.15) is 0 Å². The molecule has 1 atom stereocenters. The predicted octanol–water partition coefficient (Wildman–Crippen LogP) is 4.06. The summed E-state index contributed by atoms with van der Waals surface area (Å²) in [5.74, 6) is 1.02. The third kappa shape index (κ3) is 6.27. The number of hydrogen-bond acceptors (Lipinski definition) is 2. The van der Waals surface area contributed by atoms with E-state index in [0.29, 0.717) is 0 Å². The molecule has 1 rings (SSSR count). The van der Waals surface area contributed by atoms with E-state index in [0.717, 1.165) is 24.5 Å². The van der Waals surface area contributed by atoms with E-state index in [2.05, 4.69) is 38.0 Å². The molecule has 0 radical (unpaired) electrons. The van der Waals surface area contributed by atoms with Crippen LogP contribution in [0.25, 0.3) is 0 Å². The van der Waals surface area contributed by atoms with Crippen LogP contribution in [-0.2, 0) is 0 Å². The van der Waals surface area contributed by atoms with Gasteiger partial charge in [0.15, 0.2) is 0 Å². The second kappa shape index (κ2) is 9.77. The Kier molecular flexibility index (Phi) is 8.72. The molecule has 0 amide bonds. The highest BCUT2D eigenvalue weighted by Crippen LogP contribution is 2.29. The molecule has 1 fully saturated rings. The number of rotatable bonds is 9. The van der Waals surface area contributed by atoms with Crippen molar-refractivity contribution in [2.45, 2.75) is 84.2 Å². The molecule has 0 aromatic rings. The van der Waals surface area contributed by atoms with E-state index in [9.17, 15) is 0 Å². The first-order valence-corrected chi connectivity index (χ1v) is 8.64. The zero-order chi connectivity index (χ0) is 14.1. The minimum Gasteiger partial charge on any atom is -0.314 e. The van der Waals surface area contributed by atoms with Gasteiger partial charge in [-0.2, -0.15) is 0 Å². The monoisotopic (exact) mass is 268 g/mol. The van der Waals surface area contributed by atoms with E-state index < -0.39 is 0 Å². The van der Waals surface area contributed by atoms with Gasteiger partial charge in [-0.25, -0.2) is 0 Å². The van der Waals surface area contributed by atoms with Gasteiger partial charge in [0.25, 0.3) is 0 Å². The Bertz CT molecular complexity index is 209. The lowest BCUT2D eigenvalue weighted by Gasteiger charge is -2.34. The summed E-state index contributed by atoms with van der Waals surface area (Å²) in [6.07, 6.45) is 11.1. The van der Waals surface area contributed by atoms with Crippen molar-refractivity contribution in [2.75, 3.05) is 20.1 Å². The van der Waals surface area contributed by atoms with Crippen molar-refractivity contribution < 1.29 is 0 Å². The lowest BCUT2D eigenvalue weighted by Crippen LogP contribution is -2.36. The van der Waals surface area contributed by atoms with E-state index in [1.807, 2.05) is 0 Å². The first-order valence-electron chi connectivity index (χ1n) is 8.64. The van der Waals surface area contributed by atoms with Gasteiger partial charge >= 0.3 is 0 Å². The second-order valence-electron chi connectivity index (χ2n) is 6.37. The van der Waals surface area contributed by atoms with Crippen molar-refractivity contribution in [3.8, 4) is 0 Å². The Hall–Kier alpha value is -0.0800. The molecule has 0 heterocycles. The highest BCUT2D eigenvalue weighted by atomic mass is 15.1. The van der Waals surface area contributed by atoms with E-state index >= 15 is 0 Å². The van der Waals surface area contributed by atoms with Crippen LogP contribution >= 0.6 is 0 Å². The van der Waals surface area contributed by atoms with Crippen LogP contribution in [0.4, 0.5) is 0 Å². The summed E-state index contributed by atoms with van der Waals surface area (Å²) in [4.78, 5) is 2.63. The van der Waals surface area contributed by atoms with Crippen LogP contribution in [0.3, 0.4) is 0 Å². The third-order valence-electron chi connectivity index (χ3n) is 5.07. The maximum Gasteiger partial charge on any atom is 0.00924 e. The molecule has 0 aliphatic heterocycles. The molecule has 1 aliphatic carbocycles. The molecule has 2 heteroatoms. The quantitative estimate of drug-likeness (QED) is 0.678. The van der Waals surface area contributed by atoms with Gasteiger partial charge in [0, 0.05) is 12.1 Å². The average molecular weight is 268 g/mol. The molecule has 114 valence electrons. The molecule has 19 heavy (non-hydrogen) atoms. The van der Waals surface area contributed by atoms with Gasteiger partial charge in [0.2, 0.25) is 0 Å². The average Bonchev–Trinajstić information content (AvgIpc) is 2.46. The van der Waals surface area contributed by atoms with Gasteiger partial charge in [0.05, 0.1) is 0 Å². The van der Waals surface area contributed by atoms with Crippen LogP contribution in [-0.4, -0.2) is 37.1 Å². The summed E-state index contributed by atoms with van der Waals surface area (Å²) < 4.78 is 0. The van der Waals surface area contributed by atoms with Gasteiger partial charge in [-0.3, -0.25) is 0 Å². The highest BCUT2D eigenvalue weighted by Gasteiger charge is 2.22. The Morgan fingerprint density at radius 3 is 2.32 bits per heavy atom. The fourth-order valence-corrected chi connectivity index (χ4v) is 3.50. The third-order valence-corrected chi connectivity index (χ3v) is 5.07. The Balaban J connectivity index is 2.15. The smallest absolute Gasteiger partial charge is 0.00924 e. The number of nitrogens with zero attached hydrogens (tertiary/aromatic N) is 1. The molecule has 1 unspecified atom stereocenters. The molecule has 2 nitrogen and oxygen atoms in total. The summed E-state index contributed by atoms with van der Waals surface area (Å²) in [5.41, 5.74) is 0. The molecular formula is C17H36N2. The topological polar surface area (TPSA) is 15.3 Å². The maximum absolute atomic E-state index is 3.58. The van der Waals surface area contributed by atoms with Crippen LogP contribution in [0.2, 0.25) is 0 Å². The molecule has 0 aromatic carbocycles. The minimum absolute atomic E-state index is 0.731. The van der Waals surface area contributed by atoms with E-state index in [1.54, 1.807) is 0 Å². The molecule has 1 saturated carbocycles. The molecule has 1 aliphatic rings. The number of hydrogen-bond donors (Lipinski definition) is 1. The molecular weight excluding hydrogens is 232 g/mol. The standard InChI is InChI=1S/C17H36N2/c1-5-15-10-12-17(13-11-15)19(4)14-8-9-16(6-2)18-7-3/h15-18H,5-14H2,1-4H3. The molecule has 0 saturated heterocycles. The Labute approximate surface area is 121 Å². The zero-order valence-corrected chi connectivity index (χ0v) is 13.8. The summed E-state index contributed by atoms with van der Waals surface area (Å²) >= 11 is 0. The van der Waals surface area contributed by atoms with Gasteiger partial charge in [-0.05, 0) is 71.0 Å². The lowest BCUT2D eigenvalue weighted by atomic mass is 9.84. The summed E-state index contributed by atoms with van der Waals surface area (Å²) in [6, 6.07) is 1.59. The van der Waals surface area contributed by atoms with Gasteiger partial charge in [-0.1, -0.05) is 27.2 Å². The van der Waals surface area contributed by atoms with Crippen LogP contribution in [0, 0.1) is 5.92 Å². The van der Waals surface area contributed by atoms with E-state index in [-0.39, 0.29) is 0 Å². The largest absolute Gasteiger partial charge is 0.314 e. The van der Waals surface area contributed by atoms with Crippen molar-refractivity contribution in [1.29, 1.82) is 0 Å². The van der Waals surface area contributed by atoms with Crippen molar-refractivity contribution in [1.82, 2.24) is 10.2 Å². The summed E-state index contributed by atoms with van der Waals surface area (Å²) in [5, 5.41) is 3.58. The van der Waals surface area contributed by atoms with E-state index in [1.165, 1.54) is 57.9 Å². The molecule has 0 aromatic heterocycles. The van der Waals surface area contributed by atoms with Crippen LogP contribution < -0.4 is 5.32 Å². The molecule has 0 bridgehead atoms. The SMILES string of the molecule is CCNC(CC)CCCN(C)C1CCC(CC)CC1. The first kappa shape index (κ1) is 17.0. The normalized spacial score (nSPS) is 25.7. The van der Waals surface area contributed by atoms with Gasteiger partial charge < -0.3 is 10.2 Å². The van der Waals surface area contributed by atoms with E-state index in [4.69, 9.17) is 0 Å². The number of nitrogens with one attached hydrogen (secondary N) is 1. The van der Waals surface area contributed by atoms with Crippen LogP contribution in [0.15, 0.2) is 0 Å². The summed E-state index contributed by atoms with van der Waals surface area (Å²) in [7, 11) is 2.34. The van der Waals surface area contributed by atoms with Crippen molar-refractivity contribution in [2.24, 2.45) is 5.92 Å². The van der Waals surface area contributed by atoms with Crippen molar-refractivity contribution >= 4 is 0 Å². The minimum atomic E-state index is 0.731. The Morgan fingerprint density at radius 1 is 1.11 bits per heavy atom. The van der Waals surface area contributed by atoms with Crippen molar-refractivity contribution in [3.05, 3.63) is 0 Å². The maximum atomic E-state index is 3.58. The van der Waals surface area contributed by atoms with Crippen LogP contribution in [0.1, 0.15) is 72.1 Å². The fraction of sp³-hybridized carbons (Fsp3) is 1.00. The van der Waals surface area contributed by atoms with Gasteiger partial charge in [-0.15, -0.1) is 0 Å². The second-order valence-corrected chi connectivity index (χ2v) is 6.37. The Morgan fingerprint density at radius 2 is 1.79 bits per heavy atom. The molecule has 1 N–H and O–H groups in total. The predicted molar refractivity (Wildman–Crippen MR) is 85.7 cm³/mol. The lowest BCUT2D eigenvalue weighted by molar-refractivity contribution is 0.160.